The Labute approximate surface area is 92.9 Å². The average Bonchev–Trinajstić information content (AvgIpc) is 2.24. The Balaban J connectivity index is 1.98. The Morgan fingerprint density at radius 3 is 2.47 bits per heavy atom. The van der Waals surface area contributed by atoms with Crippen LogP contribution in [0.25, 0.3) is 0 Å². The molecule has 0 saturated carbocycles. The van der Waals surface area contributed by atoms with Gasteiger partial charge in [-0.2, -0.15) is 0 Å². The highest BCUT2D eigenvalue weighted by Gasteiger charge is 1.93. The van der Waals surface area contributed by atoms with Crippen LogP contribution in [-0.4, -0.2) is 38.8 Å². The van der Waals surface area contributed by atoms with Gasteiger partial charge in [-0.1, -0.05) is 30.3 Å². The molecule has 0 fully saturated rings. The number of rotatable bonds is 7. The summed E-state index contributed by atoms with van der Waals surface area (Å²) in [7, 11) is 4.13. The van der Waals surface area contributed by atoms with Crippen molar-refractivity contribution in [2.75, 3.05) is 33.9 Å². The SMILES string of the molecule is CN(C)CCOCCCc1ccccc1. The molecule has 1 aromatic rings. The molecule has 0 spiro atoms. The van der Waals surface area contributed by atoms with Crippen LogP contribution < -0.4 is 0 Å². The van der Waals surface area contributed by atoms with E-state index in [1.165, 1.54) is 5.56 Å². The molecule has 0 radical (unpaired) electrons. The first-order chi connectivity index (χ1) is 7.29. The first-order valence-corrected chi connectivity index (χ1v) is 5.55. The zero-order valence-corrected chi connectivity index (χ0v) is 9.78. The zero-order valence-electron chi connectivity index (χ0n) is 9.78. The van der Waals surface area contributed by atoms with Crippen molar-refractivity contribution in [2.24, 2.45) is 0 Å². The lowest BCUT2D eigenvalue weighted by Crippen LogP contribution is -2.18. The maximum Gasteiger partial charge on any atom is 0.0593 e. The van der Waals surface area contributed by atoms with Gasteiger partial charge in [0.15, 0.2) is 0 Å². The molecule has 0 aromatic heterocycles. The standard InChI is InChI=1S/C13H21NO/c1-14(2)10-12-15-11-6-9-13-7-4-3-5-8-13/h3-5,7-8H,6,9-12H2,1-2H3. The van der Waals surface area contributed by atoms with Gasteiger partial charge >= 0.3 is 0 Å². The molecule has 84 valence electrons. The lowest BCUT2D eigenvalue weighted by molar-refractivity contribution is 0.116. The lowest BCUT2D eigenvalue weighted by atomic mass is 10.1. The maximum absolute atomic E-state index is 5.52. The van der Waals surface area contributed by atoms with Gasteiger partial charge < -0.3 is 9.64 Å². The molecule has 0 saturated heterocycles. The third kappa shape index (κ3) is 6.26. The van der Waals surface area contributed by atoms with Crippen LogP contribution in [0.2, 0.25) is 0 Å². The molecule has 1 rings (SSSR count). The van der Waals surface area contributed by atoms with E-state index >= 15 is 0 Å². The molecule has 0 unspecified atom stereocenters. The van der Waals surface area contributed by atoms with E-state index in [0.29, 0.717) is 0 Å². The number of hydrogen-bond acceptors (Lipinski definition) is 2. The van der Waals surface area contributed by atoms with Crippen molar-refractivity contribution in [1.82, 2.24) is 4.90 Å². The highest BCUT2D eigenvalue weighted by molar-refractivity contribution is 5.14. The van der Waals surface area contributed by atoms with E-state index in [9.17, 15) is 0 Å². The molecule has 0 heterocycles. The van der Waals surface area contributed by atoms with Crippen LogP contribution in [0.15, 0.2) is 30.3 Å². The summed E-state index contributed by atoms with van der Waals surface area (Å²) >= 11 is 0. The van der Waals surface area contributed by atoms with Gasteiger partial charge in [0.1, 0.15) is 0 Å². The van der Waals surface area contributed by atoms with Crippen LogP contribution in [0.1, 0.15) is 12.0 Å². The summed E-state index contributed by atoms with van der Waals surface area (Å²) in [6, 6.07) is 10.6. The van der Waals surface area contributed by atoms with Crippen LogP contribution in [0.4, 0.5) is 0 Å². The largest absolute Gasteiger partial charge is 0.380 e. The summed E-state index contributed by atoms with van der Waals surface area (Å²) in [4.78, 5) is 2.14. The van der Waals surface area contributed by atoms with Crippen molar-refractivity contribution in [2.45, 2.75) is 12.8 Å². The fourth-order valence-corrected chi connectivity index (χ4v) is 1.37. The van der Waals surface area contributed by atoms with Gasteiger partial charge in [0.25, 0.3) is 0 Å². The zero-order chi connectivity index (χ0) is 10.9. The summed E-state index contributed by atoms with van der Waals surface area (Å²) in [5, 5.41) is 0. The number of likely N-dealkylation sites (N-methyl/N-ethyl adjacent to an activating group) is 1. The number of benzene rings is 1. The van der Waals surface area contributed by atoms with Crippen molar-refractivity contribution in [3.05, 3.63) is 35.9 Å². The second kappa shape index (κ2) is 7.43. The van der Waals surface area contributed by atoms with Crippen LogP contribution >= 0.6 is 0 Å². The van der Waals surface area contributed by atoms with Crippen LogP contribution in [0, 0.1) is 0 Å². The Kier molecular flexibility index (Phi) is 6.05. The van der Waals surface area contributed by atoms with E-state index in [-0.39, 0.29) is 0 Å². The average molecular weight is 207 g/mol. The minimum atomic E-state index is 0.835. The molecule has 0 N–H and O–H groups in total. The summed E-state index contributed by atoms with van der Waals surface area (Å²) < 4.78 is 5.52. The summed E-state index contributed by atoms with van der Waals surface area (Å²) in [6.07, 6.45) is 2.22. The number of ether oxygens (including phenoxy) is 1. The van der Waals surface area contributed by atoms with Gasteiger partial charge in [-0.3, -0.25) is 0 Å². The van der Waals surface area contributed by atoms with E-state index in [0.717, 1.165) is 32.6 Å². The van der Waals surface area contributed by atoms with Crippen LogP contribution in [0.5, 0.6) is 0 Å². The van der Waals surface area contributed by atoms with Crippen molar-refractivity contribution >= 4 is 0 Å². The second-order valence-corrected chi connectivity index (χ2v) is 4.00. The number of hydrogen-bond donors (Lipinski definition) is 0. The normalized spacial score (nSPS) is 10.9. The fraction of sp³-hybridized carbons (Fsp3) is 0.538. The first kappa shape index (κ1) is 12.2. The molecule has 0 bridgehead atoms. The Morgan fingerprint density at radius 2 is 1.80 bits per heavy atom. The monoisotopic (exact) mass is 207 g/mol. The van der Waals surface area contributed by atoms with Gasteiger partial charge in [-0.15, -0.1) is 0 Å². The van der Waals surface area contributed by atoms with E-state index < -0.39 is 0 Å². The second-order valence-electron chi connectivity index (χ2n) is 4.00. The first-order valence-electron chi connectivity index (χ1n) is 5.55. The van der Waals surface area contributed by atoms with Gasteiger partial charge in [-0.05, 0) is 32.5 Å². The molecule has 1 aromatic carbocycles. The highest BCUT2D eigenvalue weighted by Crippen LogP contribution is 2.02. The number of aryl methyl sites for hydroxylation is 1. The summed E-state index contributed by atoms with van der Waals surface area (Å²) in [5.41, 5.74) is 1.40. The third-order valence-corrected chi connectivity index (χ3v) is 2.28. The summed E-state index contributed by atoms with van der Waals surface area (Å²) in [5.74, 6) is 0. The molecule has 0 aliphatic rings. The third-order valence-electron chi connectivity index (χ3n) is 2.28. The quantitative estimate of drug-likeness (QED) is 0.636. The fourth-order valence-electron chi connectivity index (χ4n) is 1.37. The van der Waals surface area contributed by atoms with Crippen molar-refractivity contribution in [3.8, 4) is 0 Å². The van der Waals surface area contributed by atoms with Gasteiger partial charge in [0, 0.05) is 13.2 Å². The molecule has 15 heavy (non-hydrogen) atoms. The van der Waals surface area contributed by atoms with Crippen LogP contribution in [-0.2, 0) is 11.2 Å². The lowest BCUT2D eigenvalue weighted by Gasteiger charge is -2.09. The maximum atomic E-state index is 5.52. The van der Waals surface area contributed by atoms with E-state index in [1.54, 1.807) is 0 Å². The topological polar surface area (TPSA) is 12.5 Å². The predicted octanol–water partition coefficient (Wildman–Crippen LogP) is 2.20. The molecular formula is C13H21NO. The molecule has 0 atom stereocenters. The van der Waals surface area contributed by atoms with E-state index in [2.05, 4.69) is 49.3 Å². The van der Waals surface area contributed by atoms with E-state index in [1.807, 2.05) is 0 Å². The van der Waals surface area contributed by atoms with Crippen LogP contribution in [0.3, 0.4) is 0 Å². The predicted molar refractivity (Wildman–Crippen MR) is 64.1 cm³/mol. The molecule has 0 aliphatic carbocycles. The van der Waals surface area contributed by atoms with Crippen molar-refractivity contribution < 1.29 is 4.74 Å². The Bertz CT molecular complexity index is 246. The molecule has 0 aliphatic heterocycles. The van der Waals surface area contributed by atoms with Crippen molar-refractivity contribution in [1.29, 1.82) is 0 Å². The minimum Gasteiger partial charge on any atom is -0.380 e. The molecule has 2 nitrogen and oxygen atoms in total. The van der Waals surface area contributed by atoms with Gasteiger partial charge in [0.2, 0.25) is 0 Å². The van der Waals surface area contributed by atoms with Crippen molar-refractivity contribution in [3.63, 3.8) is 0 Å². The minimum absolute atomic E-state index is 0.835. The molecular weight excluding hydrogens is 186 g/mol. The van der Waals surface area contributed by atoms with E-state index in [4.69, 9.17) is 4.74 Å². The molecule has 0 amide bonds. The Hall–Kier alpha value is -0.860. The highest BCUT2D eigenvalue weighted by atomic mass is 16.5. The summed E-state index contributed by atoms with van der Waals surface area (Å²) in [6.45, 7) is 2.70. The Morgan fingerprint density at radius 1 is 1.07 bits per heavy atom. The number of nitrogens with zero attached hydrogens (tertiary/aromatic N) is 1. The van der Waals surface area contributed by atoms with Gasteiger partial charge in [0.05, 0.1) is 6.61 Å². The van der Waals surface area contributed by atoms with Gasteiger partial charge in [-0.25, -0.2) is 0 Å². The smallest absolute Gasteiger partial charge is 0.0593 e. The molecule has 2 heteroatoms.